The van der Waals surface area contributed by atoms with Gasteiger partial charge in [-0.3, -0.25) is 9.59 Å². The molecular weight excluding hydrogens is 470 g/mol. The highest BCUT2D eigenvalue weighted by Gasteiger charge is 2.20. The van der Waals surface area contributed by atoms with E-state index in [0.29, 0.717) is 16.4 Å². The largest absolute Gasteiger partial charge is 0.339 e. The van der Waals surface area contributed by atoms with Crippen molar-refractivity contribution < 1.29 is 9.59 Å². The van der Waals surface area contributed by atoms with Crippen LogP contribution in [0.25, 0.3) is 16.9 Å². The number of pyridine rings is 1. The fourth-order valence-corrected chi connectivity index (χ4v) is 4.76. The molecule has 36 heavy (non-hydrogen) atoms. The van der Waals surface area contributed by atoms with Gasteiger partial charge >= 0.3 is 0 Å². The van der Waals surface area contributed by atoms with Crippen LogP contribution in [0, 0.1) is 6.92 Å². The summed E-state index contributed by atoms with van der Waals surface area (Å²) in [6.07, 6.45) is 3.70. The van der Waals surface area contributed by atoms with Crippen molar-refractivity contribution >= 4 is 29.4 Å². The number of amides is 2. The predicted octanol–water partition coefficient (Wildman–Crippen LogP) is 5.21. The van der Waals surface area contributed by atoms with Crippen molar-refractivity contribution in [3.63, 3.8) is 0 Å². The van der Waals surface area contributed by atoms with Crippen LogP contribution in [-0.2, 0) is 4.79 Å². The Hall–Kier alpha value is -3.91. The van der Waals surface area contributed by atoms with Gasteiger partial charge in [-0.15, -0.1) is 0 Å². The summed E-state index contributed by atoms with van der Waals surface area (Å²) < 4.78 is 1.74. The maximum absolute atomic E-state index is 12.8. The minimum atomic E-state index is -0.161. The van der Waals surface area contributed by atoms with Gasteiger partial charge in [-0.05, 0) is 44.0 Å². The number of aromatic nitrogens is 3. The van der Waals surface area contributed by atoms with Crippen molar-refractivity contribution in [2.45, 2.75) is 24.8 Å². The number of hydrogen-bond acceptors (Lipinski definition) is 5. The van der Waals surface area contributed by atoms with Gasteiger partial charge in [0.1, 0.15) is 5.82 Å². The summed E-state index contributed by atoms with van der Waals surface area (Å²) in [6, 6.07) is 23.3. The van der Waals surface area contributed by atoms with Gasteiger partial charge in [0, 0.05) is 30.9 Å². The van der Waals surface area contributed by atoms with Crippen LogP contribution in [-0.4, -0.2) is 50.3 Å². The van der Waals surface area contributed by atoms with E-state index < -0.39 is 0 Å². The van der Waals surface area contributed by atoms with Gasteiger partial charge in [0.2, 0.25) is 5.91 Å². The molecule has 3 heterocycles. The molecule has 182 valence electrons. The quantitative estimate of drug-likeness (QED) is 0.355. The molecule has 0 atom stereocenters. The van der Waals surface area contributed by atoms with Crippen LogP contribution in [0.15, 0.2) is 84.0 Å². The van der Waals surface area contributed by atoms with Crippen molar-refractivity contribution in [1.29, 1.82) is 0 Å². The van der Waals surface area contributed by atoms with Crippen LogP contribution >= 0.6 is 11.8 Å². The first-order valence-corrected chi connectivity index (χ1v) is 13.0. The van der Waals surface area contributed by atoms with Crippen molar-refractivity contribution in [3.05, 3.63) is 90.1 Å². The Kier molecular flexibility index (Phi) is 7.13. The molecule has 0 radical (unpaired) electrons. The lowest BCUT2D eigenvalue weighted by Crippen LogP contribution is -2.27. The molecule has 0 bridgehead atoms. The zero-order valence-corrected chi connectivity index (χ0v) is 20.9. The molecule has 0 saturated carbocycles. The van der Waals surface area contributed by atoms with Crippen LogP contribution in [0.4, 0.5) is 5.82 Å². The average molecular weight is 498 g/mol. The lowest BCUT2D eigenvalue weighted by atomic mass is 10.1. The first kappa shape index (κ1) is 23.8. The molecule has 0 unspecified atom stereocenters. The molecule has 4 aromatic rings. The minimum absolute atomic E-state index is 0.0212. The van der Waals surface area contributed by atoms with E-state index in [-0.39, 0.29) is 17.6 Å². The topological polar surface area (TPSA) is 80.1 Å². The van der Waals surface area contributed by atoms with E-state index in [2.05, 4.69) is 10.3 Å². The number of likely N-dealkylation sites (tertiary alicyclic amines) is 1. The first-order chi connectivity index (χ1) is 17.6. The van der Waals surface area contributed by atoms with Crippen molar-refractivity contribution in [3.8, 4) is 16.9 Å². The Labute approximate surface area is 214 Å². The highest BCUT2D eigenvalue weighted by molar-refractivity contribution is 7.99. The molecule has 1 N–H and O–H groups in total. The molecule has 0 spiro atoms. The molecule has 2 aromatic heterocycles. The van der Waals surface area contributed by atoms with Crippen molar-refractivity contribution in [1.82, 2.24) is 19.7 Å². The molecule has 2 amide bonds. The zero-order chi connectivity index (χ0) is 24.9. The second-order valence-corrected chi connectivity index (χ2v) is 9.75. The maximum Gasteiger partial charge on any atom is 0.255 e. The van der Waals surface area contributed by atoms with Gasteiger partial charge in [-0.1, -0.05) is 59.8 Å². The second-order valence-electron chi connectivity index (χ2n) is 8.75. The number of aryl methyl sites for hydroxylation is 1. The minimum Gasteiger partial charge on any atom is -0.339 e. The Morgan fingerprint density at radius 2 is 1.72 bits per heavy atom. The van der Waals surface area contributed by atoms with E-state index in [1.54, 1.807) is 23.0 Å². The first-order valence-electron chi connectivity index (χ1n) is 12.0. The van der Waals surface area contributed by atoms with Crippen molar-refractivity contribution in [2.24, 2.45) is 0 Å². The summed E-state index contributed by atoms with van der Waals surface area (Å²) in [5, 5.41) is 8.45. The molecular formula is C28H27N5O2S. The molecule has 5 rings (SSSR count). The van der Waals surface area contributed by atoms with Gasteiger partial charge in [-0.25, -0.2) is 9.67 Å². The number of hydrogen-bond donors (Lipinski definition) is 1. The van der Waals surface area contributed by atoms with Gasteiger partial charge in [0.05, 0.1) is 27.7 Å². The Morgan fingerprint density at radius 3 is 2.42 bits per heavy atom. The van der Waals surface area contributed by atoms with E-state index in [4.69, 9.17) is 5.10 Å². The molecule has 0 aliphatic carbocycles. The second kappa shape index (κ2) is 10.8. The van der Waals surface area contributed by atoms with Crippen LogP contribution in [0.2, 0.25) is 0 Å². The third-order valence-electron chi connectivity index (χ3n) is 6.05. The molecule has 2 aromatic carbocycles. The van der Waals surface area contributed by atoms with Gasteiger partial charge in [0.25, 0.3) is 5.91 Å². The van der Waals surface area contributed by atoms with Gasteiger partial charge in [0.15, 0.2) is 0 Å². The smallest absolute Gasteiger partial charge is 0.255 e. The number of nitrogens with one attached hydrogen (secondary N) is 1. The summed E-state index contributed by atoms with van der Waals surface area (Å²) in [5.74, 6) is 0.646. The number of nitrogens with zero attached hydrogens (tertiary/aromatic N) is 4. The highest BCUT2D eigenvalue weighted by Crippen LogP contribution is 2.26. The third kappa shape index (κ3) is 5.49. The normalized spacial score (nSPS) is 13.1. The summed E-state index contributed by atoms with van der Waals surface area (Å²) >= 11 is 1.33. The lowest BCUT2D eigenvalue weighted by molar-refractivity contribution is -0.113. The van der Waals surface area contributed by atoms with Crippen LogP contribution in [0.5, 0.6) is 0 Å². The maximum atomic E-state index is 12.8. The average Bonchev–Trinajstić information content (AvgIpc) is 3.59. The number of thioether (sulfide) groups is 1. The van der Waals surface area contributed by atoms with E-state index in [0.717, 1.165) is 42.9 Å². The Balaban J connectivity index is 1.27. The van der Waals surface area contributed by atoms with Crippen LogP contribution in [0.1, 0.15) is 28.8 Å². The Bertz CT molecular complexity index is 1350. The highest BCUT2D eigenvalue weighted by atomic mass is 32.2. The summed E-state index contributed by atoms with van der Waals surface area (Å²) in [7, 11) is 0. The summed E-state index contributed by atoms with van der Waals surface area (Å²) in [4.78, 5) is 31.6. The SMILES string of the molecule is Cc1ccc(-c2cc(NC(=O)CSc3ccc(C(=O)N4CCCC4)cn3)n(-c3ccccc3)n2)cc1. The molecule has 8 heteroatoms. The summed E-state index contributed by atoms with van der Waals surface area (Å²) in [6.45, 7) is 3.66. The number of para-hydroxylation sites is 1. The molecule has 7 nitrogen and oxygen atoms in total. The van der Waals surface area contributed by atoms with Crippen molar-refractivity contribution in [2.75, 3.05) is 24.2 Å². The lowest BCUT2D eigenvalue weighted by Gasteiger charge is -2.14. The molecule has 1 saturated heterocycles. The molecule has 1 fully saturated rings. The van der Waals surface area contributed by atoms with Crippen LogP contribution in [0.3, 0.4) is 0 Å². The van der Waals surface area contributed by atoms with Crippen LogP contribution < -0.4 is 5.32 Å². The number of rotatable bonds is 7. The standard InChI is InChI=1S/C28H27N5O2S/c1-20-9-11-21(12-10-20)24-17-25(33(31-24)23-7-3-2-4-8-23)30-26(34)19-36-27-14-13-22(18-29-27)28(35)32-15-5-6-16-32/h2-4,7-14,17-18H,5-6,15-16,19H2,1H3,(H,30,34). The zero-order valence-electron chi connectivity index (χ0n) is 20.1. The molecule has 1 aliphatic rings. The fourth-order valence-electron chi connectivity index (χ4n) is 4.11. The Morgan fingerprint density at radius 1 is 0.972 bits per heavy atom. The van der Waals surface area contributed by atoms with Gasteiger partial charge < -0.3 is 10.2 Å². The number of anilines is 1. The number of benzene rings is 2. The monoisotopic (exact) mass is 497 g/mol. The fraction of sp³-hybridized carbons (Fsp3) is 0.214. The number of carbonyl (C=O) groups is 2. The van der Waals surface area contributed by atoms with E-state index in [9.17, 15) is 9.59 Å². The van der Waals surface area contributed by atoms with E-state index in [1.807, 2.05) is 72.5 Å². The van der Waals surface area contributed by atoms with E-state index in [1.165, 1.54) is 17.3 Å². The predicted molar refractivity (Wildman–Crippen MR) is 142 cm³/mol. The third-order valence-corrected chi connectivity index (χ3v) is 7.00. The number of carbonyl (C=O) groups excluding carboxylic acids is 2. The summed E-state index contributed by atoms with van der Waals surface area (Å²) in [5.41, 5.74) is 4.38. The molecule has 1 aliphatic heterocycles. The van der Waals surface area contributed by atoms with E-state index >= 15 is 0 Å². The van der Waals surface area contributed by atoms with Gasteiger partial charge in [-0.2, -0.15) is 5.10 Å².